The second-order valence-corrected chi connectivity index (χ2v) is 5.90. The number of anilines is 1. The molecule has 6 heteroatoms. The molecule has 3 aromatic rings. The Hall–Kier alpha value is -2.73. The van der Waals surface area contributed by atoms with Gasteiger partial charge in [-0.15, -0.1) is 0 Å². The predicted molar refractivity (Wildman–Crippen MR) is 91.1 cm³/mol. The lowest BCUT2D eigenvalue weighted by atomic mass is 10.3. The first-order valence-corrected chi connectivity index (χ1v) is 8.03. The lowest BCUT2D eigenvalue weighted by Crippen LogP contribution is -2.26. The van der Waals surface area contributed by atoms with E-state index in [2.05, 4.69) is 14.9 Å². The summed E-state index contributed by atoms with van der Waals surface area (Å²) in [4.78, 5) is 22.9. The Morgan fingerprint density at radius 3 is 2.96 bits per heavy atom. The van der Waals surface area contributed by atoms with Gasteiger partial charge in [-0.05, 0) is 36.2 Å². The molecule has 0 radical (unpaired) electrons. The topological polar surface area (TPSA) is 59.7 Å². The normalized spacial score (nSPS) is 17.5. The smallest absolute Gasteiger partial charge is 0.259 e. The van der Waals surface area contributed by atoms with Crippen LogP contribution in [0.5, 0.6) is 0 Å². The van der Waals surface area contributed by atoms with Gasteiger partial charge in [0, 0.05) is 37.7 Å². The van der Waals surface area contributed by atoms with E-state index in [9.17, 15) is 4.79 Å². The van der Waals surface area contributed by atoms with Crippen molar-refractivity contribution >= 4 is 11.5 Å². The van der Waals surface area contributed by atoms with Crippen LogP contribution in [0.25, 0.3) is 5.65 Å². The van der Waals surface area contributed by atoms with Crippen molar-refractivity contribution in [1.82, 2.24) is 14.4 Å². The summed E-state index contributed by atoms with van der Waals surface area (Å²) >= 11 is 0. The molecule has 122 valence electrons. The van der Waals surface area contributed by atoms with Crippen LogP contribution in [0.3, 0.4) is 0 Å². The van der Waals surface area contributed by atoms with Gasteiger partial charge in [-0.25, -0.2) is 4.98 Å². The van der Waals surface area contributed by atoms with Crippen LogP contribution in [0.2, 0.25) is 0 Å². The van der Waals surface area contributed by atoms with Crippen molar-refractivity contribution in [2.75, 3.05) is 18.0 Å². The summed E-state index contributed by atoms with van der Waals surface area (Å²) < 4.78 is 7.53. The number of fused-ring (bicyclic) bond motifs is 1. The summed E-state index contributed by atoms with van der Waals surface area (Å²) in [5.41, 5.74) is 1.73. The fourth-order valence-corrected chi connectivity index (χ4v) is 2.97. The highest BCUT2D eigenvalue weighted by Crippen LogP contribution is 2.20. The summed E-state index contributed by atoms with van der Waals surface area (Å²) in [6, 6.07) is 11.1. The Morgan fingerprint density at radius 2 is 2.08 bits per heavy atom. The molecule has 1 saturated heterocycles. The van der Waals surface area contributed by atoms with Crippen LogP contribution in [0.4, 0.5) is 5.82 Å². The Morgan fingerprint density at radius 1 is 1.21 bits per heavy atom. The molecule has 3 aromatic heterocycles. The summed E-state index contributed by atoms with van der Waals surface area (Å²) in [7, 11) is 0. The highest BCUT2D eigenvalue weighted by atomic mass is 16.5. The maximum Gasteiger partial charge on any atom is 0.259 e. The van der Waals surface area contributed by atoms with Gasteiger partial charge in [-0.2, -0.15) is 0 Å². The SMILES string of the molecule is O=c1cc(N2CC[C@H](OCc3ccncc3)C2)nc2ccccn12. The number of nitrogens with zero attached hydrogens (tertiary/aromatic N) is 4. The van der Waals surface area contributed by atoms with Gasteiger partial charge in [0.05, 0.1) is 12.7 Å². The van der Waals surface area contributed by atoms with E-state index in [1.54, 1.807) is 29.1 Å². The van der Waals surface area contributed by atoms with Gasteiger partial charge in [0.1, 0.15) is 11.5 Å². The fraction of sp³-hybridized carbons (Fsp3) is 0.278. The highest BCUT2D eigenvalue weighted by Gasteiger charge is 2.24. The van der Waals surface area contributed by atoms with E-state index in [0.717, 1.165) is 30.9 Å². The highest BCUT2D eigenvalue weighted by molar-refractivity contribution is 5.48. The summed E-state index contributed by atoms with van der Waals surface area (Å²) in [6.45, 7) is 2.17. The van der Waals surface area contributed by atoms with Crippen LogP contribution < -0.4 is 10.5 Å². The van der Waals surface area contributed by atoms with Gasteiger partial charge < -0.3 is 9.64 Å². The maximum absolute atomic E-state index is 12.2. The van der Waals surface area contributed by atoms with Gasteiger partial charge in [-0.3, -0.25) is 14.2 Å². The maximum atomic E-state index is 12.2. The van der Waals surface area contributed by atoms with Crippen molar-refractivity contribution in [3.05, 3.63) is 70.9 Å². The molecule has 0 saturated carbocycles. The quantitative estimate of drug-likeness (QED) is 0.734. The van der Waals surface area contributed by atoms with E-state index >= 15 is 0 Å². The number of pyridine rings is 2. The van der Waals surface area contributed by atoms with Crippen LogP contribution in [0.15, 0.2) is 59.8 Å². The second kappa shape index (κ2) is 6.41. The molecule has 0 bridgehead atoms. The van der Waals surface area contributed by atoms with E-state index in [1.807, 2.05) is 30.3 Å². The van der Waals surface area contributed by atoms with Gasteiger partial charge in [0.2, 0.25) is 0 Å². The molecule has 0 aliphatic carbocycles. The van der Waals surface area contributed by atoms with Crippen LogP contribution >= 0.6 is 0 Å². The minimum atomic E-state index is -0.0586. The zero-order chi connectivity index (χ0) is 16.4. The monoisotopic (exact) mass is 322 g/mol. The van der Waals surface area contributed by atoms with Crippen molar-refractivity contribution in [3.63, 3.8) is 0 Å². The molecule has 0 N–H and O–H groups in total. The molecular formula is C18H18N4O2. The van der Waals surface area contributed by atoms with Crippen LogP contribution in [-0.4, -0.2) is 33.6 Å². The first-order chi connectivity index (χ1) is 11.8. The number of ether oxygens (including phenoxy) is 1. The van der Waals surface area contributed by atoms with E-state index in [-0.39, 0.29) is 11.7 Å². The zero-order valence-corrected chi connectivity index (χ0v) is 13.2. The van der Waals surface area contributed by atoms with Gasteiger partial charge in [0.25, 0.3) is 5.56 Å². The van der Waals surface area contributed by atoms with Crippen LogP contribution in [0, 0.1) is 0 Å². The molecule has 24 heavy (non-hydrogen) atoms. The predicted octanol–water partition coefficient (Wildman–Crippen LogP) is 1.89. The Balaban J connectivity index is 1.46. The zero-order valence-electron chi connectivity index (χ0n) is 13.2. The van der Waals surface area contributed by atoms with Crippen LogP contribution in [-0.2, 0) is 11.3 Å². The molecule has 1 aliphatic heterocycles. The first kappa shape index (κ1) is 14.8. The van der Waals surface area contributed by atoms with Crippen molar-refractivity contribution in [2.45, 2.75) is 19.1 Å². The van der Waals surface area contributed by atoms with E-state index in [4.69, 9.17) is 4.74 Å². The fourth-order valence-electron chi connectivity index (χ4n) is 2.97. The minimum absolute atomic E-state index is 0.0586. The van der Waals surface area contributed by atoms with Crippen molar-refractivity contribution in [1.29, 1.82) is 0 Å². The summed E-state index contributed by atoms with van der Waals surface area (Å²) in [5.74, 6) is 0.723. The van der Waals surface area contributed by atoms with Gasteiger partial charge >= 0.3 is 0 Å². The minimum Gasteiger partial charge on any atom is -0.372 e. The summed E-state index contributed by atoms with van der Waals surface area (Å²) in [6.07, 6.45) is 6.35. The lowest BCUT2D eigenvalue weighted by Gasteiger charge is -2.18. The lowest BCUT2D eigenvalue weighted by molar-refractivity contribution is 0.0553. The number of rotatable bonds is 4. The number of hydrogen-bond acceptors (Lipinski definition) is 5. The van der Waals surface area contributed by atoms with Crippen LogP contribution in [0.1, 0.15) is 12.0 Å². The summed E-state index contributed by atoms with van der Waals surface area (Å²) in [5, 5.41) is 0. The molecule has 0 unspecified atom stereocenters. The Labute approximate surface area is 139 Å². The second-order valence-electron chi connectivity index (χ2n) is 5.90. The standard InChI is InChI=1S/C18H18N4O2/c23-18-11-17(20-16-3-1-2-9-22(16)18)21-10-6-15(12-21)24-13-14-4-7-19-8-5-14/h1-5,7-9,11,15H,6,10,12-13H2/t15-/m0/s1. The molecule has 4 heterocycles. The first-order valence-electron chi connectivity index (χ1n) is 8.03. The largest absolute Gasteiger partial charge is 0.372 e. The molecular weight excluding hydrogens is 304 g/mol. The van der Waals surface area contributed by atoms with E-state index in [0.29, 0.717) is 12.3 Å². The molecule has 0 aromatic carbocycles. The van der Waals surface area contributed by atoms with E-state index in [1.165, 1.54) is 0 Å². The number of aromatic nitrogens is 3. The van der Waals surface area contributed by atoms with Crippen molar-refractivity contribution < 1.29 is 4.74 Å². The third-order valence-corrected chi connectivity index (χ3v) is 4.26. The molecule has 1 atom stereocenters. The van der Waals surface area contributed by atoms with E-state index < -0.39 is 0 Å². The Kier molecular flexibility index (Phi) is 3.96. The molecule has 1 aliphatic rings. The van der Waals surface area contributed by atoms with Gasteiger partial charge in [0.15, 0.2) is 0 Å². The molecule has 1 fully saturated rings. The molecule has 6 nitrogen and oxygen atoms in total. The third-order valence-electron chi connectivity index (χ3n) is 4.26. The Bertz CT molecular complexity index is 894. The van der Waals surface area contributed by atoms with Crippen molar-refractivity contribution in [2.24, 2.45) is 0 Å². The van der Waals surface area contributed by atoms with Crippen molar-refractivity contribution in [3.8, 4) is 0 Å². The molecule has 4 rings (SSSR count). The molecule has 0 spiro atoms. The third kappa shape index (κ3) is 3.00. The average Bonchev–Trinajstić information content (AvgIpc) is 3.10. The van der Waals surface area contributed by atoms with Gasteiger partial charge in [-0.1, -0.05) is 6.07 Å². The average molecular weight is 322 g/mol. The number of hydrogen-bond donors (Lipinski definition) is 0. The molecule has 0 amide bonds.